The van der Waals surface area contributed by atoms with Crippen LogP contribution in [0.5, 0.6) is 11.8 Å². The van der Waals surface area contributed by atoms with Gasteiger partial charge in [-0.3, -0.25) is 0 Å². The van der Waals surface area contributed by atoms with Gasteiger partial charge in [-0.25, -0.2) is 4.98 Å². The van der Waals surface area contributed by atoms with E-state index in [0.717, 1.165) is 0 Å². The first-order chi connectivity index (χ1) is 15.4. The van der Waals surface area contributed by atoms with Gasteiger partial charge in [-0.05, 0) is 47.4 Å². The molecule has 0 saturated carbocycles. The fourth-order valence-electron chi connectivity index (χ4n) is 2.82. The maximum Gasteiger partial charge on any atom is 0.401 e. The van der Waals surface area contributed by atoms with Gasteiger partial charge >= 0.3 is 12.2 Å². The maximum atomic E-state index is 12.4. The van der Waals surface area contributed by atoms with E-state index in [4.69, 9.17) is 16.3 Å². The maximum absolute atomic E-state index is 12.4. The van der Waals surface area contributed by atoms with Crippen molar-refractivity contribution < 1.29 is 23.0 Å². The lowest BCUT2D eigenvalue weighted by Crippen LogP contribution is -2.28. The smallest absolute Gasteiger partial charge is 0.401 e. The SMILES string of the molecule is CC(C)(C)COc1ccc(-c2nc(O)nc(-c3cc(CNCC(F)(F)F)ccc3Cl)n2)cc1. The molecule has 3 aromatic rings. The predicted octanol–water partition coefficient (Wildman–Crippen LogP) is 5.64. The second kappa shape index (κ2) is 9.93. The molecular weight excluding hydrogens is 457 g/mol. The number of hydrogen-bond donors (Lipinski definition) is 2. The van der Waals surface area contributed by atoms with Crippen molar-refractivity contribution in [2.45, 2.75) is 33.5 Å². The van der Waals surface area contributed by atoms with Gasteiger partial charge in [0, 0.05) is 17.7 Å². The normalized spacial score (nSPS) is 12.1. The van der Waals surface area contributed by atoms with E-state index < -0.39 is 18.7 Å². The molecule has 2 N–H and O–H groups in total. The van der Waals surface area contributed by atoms with E-state index in [1.807, 2.05) is 0 Å². The predicted molar refractivity (Wildman–Crippen MR) is 120 cm³/mol. The summed E-state index contributed by atoms with van der Waals surface area (Å²) in [4.78, 5) is 12.3. The van der Waals surface area contributed by atoms with E-state index >= 15 is 0 Å². The monoisotopic (exact) mass is 480 g/mol. The highest BCUT2D eigenvalue weighted by molar-refractivity contribution is 6.33. The van der Waals surface area contributed by atoms with Crippen LogP contribution in [-0.4, -0.2) is 39.4 Å². The van der Waals surface area contributed by atoms with Crippen molar-refractivity contribution in [1.82, 2.24) is 20.3 Å². The third-order valence-electron chi connectivity index (χ3n) is 4.33. The van der Waals surface area contributed by atoms with Crippen molar-refractivity contribution in [2.75, 3.05) is 13.2 Å². The Hall–Kier alpha value is -2.91. The minimum Gasteiger partial charge on any atom is -0.493 e. The molecule has 0 aliphatic rings. The van der Waals surface area contributed by atoms with Crippen LogP contribution < -0.4 is 10.1 Å². The van der Waals surface area contributed by atoms with Crippen molar-refractivity contribution in [2.24, 2.45) is 5.41 Å². The molecule has 0 bridgehead atoms. The molecule has 10 heteroatoms. The van der Waals surface area contributed by atoms with Crippen molar-refractivity contribution in [3.05, 3.63) is 53.1 Å². The molecule has 6 nitrogen and oxygen atoms in total. The quantitative estimate of drug-likeness (QED) is 0.455. The van der Waals surface area contributed by atoms with Crippen LogP contribution in [0.3, 0.4) is 0 Å². The van der Waals surface area contributed by atoms with Gasteiger partial charge in [-0.1, -0.05) is 38.4 Å². The summed E-state index contributed by atoms with van der Waals surface area (Å²) in [5, 5.41) is 12.7. The van der Waals surface area contributed by atoms with Crippen molar-refractivity contribution in [3.63, 3.8) is 0 Å². The standard InChI is InChI=1S/C23H24ClF3N4O2/c1-22(2,3)13-33-16-7-5-15(6-8-16)19-29-20(31-21(32)30-19)17-10-14(4-9-18(17)24)11-28-12-23(25,26)27/h4-10,28H,11-13H2,1-3H3,(H,29,30,31,32). The number of aromatic hydroxyl groups is 1. The molecule has 3 rings (SSSR count). The summed E-state index contributed by atoms with van der Waals surface area (Å²) < 4.78 is 42.9. The summed E-state index contributed by atoms with van der Waals surface area (Å²) >= 11 is 6.28. The first-order valence-corrected chi connectivity index (χ1v) is 10.5. The van der Waals surface area contributed by atoms with Crippen LogP contribution in [0.25, 0.3) is 22.8 Å². The molecule has 0 amide bonds. The molecule has 1 aromatic heterocycles. The molecule has 1 heterocycles. The van der Waals surface area contributed by atoms with Crippen molar-refractivity contribution in [3.8, 4) is 34.5 Å². The first kappa shape index (κ1) is 24.7. The number of hydrogen-bond acceptors (Lipinski definition) is 6. The topological polar surface area (TPSA) is 80.2 Å². The number of benzene rings is 2. The zero-order valence-electron chi connectivity index (χ0n) is 18.4. The molecule has 0 unspecified atom stereocenters. The van der Waals surface area contributed by atoms with Crippen LogP contribution in [0, 0.1) is 5.41 Å². The molecule has 0 atom stereocenters. The molecule has 176 valence electrons. The van der Waals surface area contributed by atoms with Crippen LogP contribution in [-0.2, 0) is 6.54 Å². The lowest BCUT2D eigenvalue weighted by Gasteiger charge is -2.18. The summed E-state index contributed by atoms with van der Waals surface area (Å²) in [6.45, 7) is 5.63. The number of aromatic nitrogens is 3. The van der Waals surface area contributed by atoms with Crippen LogP contribution in [0.1, 0.15) is 26.3 Å². The minimum absolute atomic E-state index is 0.0175. The lowest BCUT2D eigenvalue weighted by atomic mass is 9.99. The Morgan fingerprint density at radius 3 is 2.27 bits per heavy atom. The summed E-state index contributed by atoms with van der Waals surface area (Å²) in [6, 6.07) is 11.3. The Morgan fingerprint density at radius 1 is 0.970 bits per heavy atom. The number of nitrogens with one attached hydrogen (secondary N) is 1. The summed E-state index contributed by atoms with van der Waals surface area (Å²) in [7, 11) is 0. The fraction of sp³-hybridized carbons (Fsp3) is 0.348. The number of ether oxygens (including phenoxy) is 1. The highest BCUT2D eigenvalue weighted by Crippen LogP contribution is 2.30. The number of halogens is 4. The zero-order chi connectivity index (χ0) is 24.2. The third-order valence-corrected chi connectivity index (χ3v) is 4.66. The minimum atomic E-state index is -4.31. The molecule has 0 fully saturated rings. The fourth-order valence-corrected chi connectivity index (χ4v) is 3.02. The molecule has 33 heavy (non-hydrogen) atoms. The Kier molecular flexibility index (Phi) is 7.44. The van der Waals surface area contributed by atoms with Gasteiger partial charge in [0.1, 0.15) is 5.75 Å². The van der Waals surface area contributed by atoms with Crippen LogP contribution in [0.4, 0.5) is 13.2 Å². The molecule has 0 aliphatic heterocycles. The summed E-state index contributed by atoms with van der Waals surface area (Å²) in [5.41, 5.74) is 1.56. The average Bonchev–Trinajstić information content (AvgIpc) is 2.72. The first-order valence-electron chi connectivity index (χ1n) is 10.1. The van der Waals surface area contributed by atoms with Gasteiger partial charge in [0.05, 0.1) is 18.2 Å². The van der Waals surface area contributed by atoms with E-state index in [1.165, 1.54) is 0 Å². The molecule has 0 aliphatic carbocycles. The lowest BCUT2D eigenvalue weighted by molar-refractivity contribution is -0.125. The van der Waals surface area contributed by atoms with Crippen LogP contribution in [0.2, 0.25) is 5.02 Å². The van der Waals surface area contributed by atoms with E-state index in [1.54, 1.807) is 42.5 Å². The molecule has 2 aromatic carbocycles. The van der Waals surface area contributed by atoms with Gasteiger partial charge in [-0.2, -0.15) is 23.1 Å². The van der Waals surface area contributed by atoms with Gasteiger partial charge in [0.25, 0.3) is 0 Å². The highest BCUT2D eigenvalue weighted by atomic mass is 35.5. The molecule has 0 radical (unpaired) electrons. The number of rotatable bonds is 7. The van der Waals surface area contributed by atoms with Gasteiger partial charge < -0.3 is 15.2 Å². The second-order valence-electron chi connectivity index (χ2n) is 8.69. The number of alkyl halides is 3. The summed E-state index contributed by atoms with van der Waals surface area (Å²) in [5.74, 6) is 1.01. The Balaban J connectivity index is 1.83. The number of nitrogens with zero attached hydrogens (tertiary/aromatic N) is 3. The van der Waals surface area contributed by atoms with Gasteiger partial charge in [0.2, 0.25) is 0 Å². The van der Waals surface area contributed by atoms with Crippen LogP contribution in [0.15, 0.2) is 42.5 Å². The van der Waals surface area contributed by atoms with Gasteiger partial charge in [-0.15, -0.1) is 0 Å². The Bertz CT molecular complexity index is 1100. The Labute approximate surface area is 194 Å². The third kappa shape index (κ3) is 7.57. The van der Waals surface area contributed by atoms with Gasteiger partial charge in [0.15, 0.2) is 11.6 Å². The van der Waals surface area contributed by atoms with E-state index in [2.05, 4.69) is 41.0 Å². The molecule has 0 spiro atoms. The van der Waals surface area contributed by atoms with E-state index in [9.17, 15) is 18.3 Å². The molecular formula is C23H24ClF3N4O2. The average molecular weight is 481 g/mol. The van der Waals surface area contributed by atoms with E-state index in [-0.39, 0.29) is 28.6 Å². The van der Waals surface area contributed by atoms with Crippen LogP contribution >= 0.6 is 11.6 Å². The second-order valence-corrected chi connectivity index (χ2v) is 9.10. The van der Waals surface area contributed by atoms with Crippen molar-refractivity contribution >= 4 is 11.6 Å². The van der Waals surface area contributed by atoms with Crippen molar-refractivity contribution in [1.29, 1.82) is 0 Å². The highest BCUT2D eigenvalue weighted by Gasteiger charge is 2.26. The molecule has 0 saturated heterocycles. The Morgan fingerprint density at radius 2 is 1.64 bits per heavy atom. The summed E-state index contributed by atoms with van der Waals surface area (Å²) in [6.07, 6.45) is -4.31. The van der Waals surface area contributed by atoms with E-state index in [0.29, 0.717) is 29.0 Å². The zero-order valence-corrected chi connectivity index (χ0v) is 19.1. The largest absolute Gasteiger partial charge is 0.493 e.